The van der Waals surface area contributed by atoms with Crippen LogP contribution < -0.4 is 11.3 Å². The van der Waals surface area contributed by atoms with Crippen molar-refractivity contribution in [3.8, 4) is 0 Å². The standard InChI is InChI=1S/C13H20N4/c14-16-11-7-12-4-5-13(8-11)17(12)9-10-3-1-2-6-15-10/h1-3,6,11-13,16H,4-5,7-9,14H2. The van der Waals surface area contributed by atoms with Gasteiger partial charge in [-0.1, -0.05) is 6.07 Å². The predicted molar refractivity (Wildman–Crippen MR) is 66.9 cm³/mol. The van der Waals surface area contributed by atoms with E-state index in [1.807, 2.05) is 12.3 Å². The fourth-order valence-corrected chi connectivity index (χ4v) is 3.35. The molecule has 0 spiro atoms. The van der Waals surface area contributed by atoms with Gasteiger partial charge in [0, 0.05) is 30.9 Å². The van der Waals surface area contributed by atoms with Crippen LogP contribution in [0.4, 0.5) is 0 Å². The second kappa shape index (κ2) is 4.72. The Kier molecular flexibility index (Phi) is 3.09. The molecule has 0 amide bonds. The molecule has 4 nitrogen and oxygen atoms in total. The van der Waals surface area contributed by atoms with E-state index >= 15 is 0 Å². The van der Waals surface area contributed by atoms with Crippen LogP contribution in [0.5, 0.6) is 0 Å². The molecule has 1 aromatic rings. The number of fused-ring (bicyclic) bond motifs is 2. The van der Waals surface area contributed by atoms with E-state index in [1.165, 1.54) is 31.4 Å². The van der Waals surface area contributed by atoms with Gasteiger partial charge in [0.2, 0.25) is 0 Å². The molecule has 0 aromatic carbocycles. The molecule has 1 aromatic heterocycles. The first-order valence-electron chi connectivity index (χ1n) is 6.48. The van der Waals surface area contributed by atoms with Gasteiger partial charge in [0.25, 0.3) is 0 Å². The van der Waals surface area contributed by atoms with Gasteiger partial charge >= 0.3 is 0 Å². The molecule has 2 aliphatic rings. The average Bonchev–Trinajstić information content (AvgIpc) is 2.63. The average molecular weight is 232 g/mol. The first-order chi connectivity index (χ1) is 8.36. The molecule has 3 heterocycles. The van der Waals surface area contributed by atoms with Gasteiger partial charge in [-0.05, 0) is 37.8 Å². The van der Waals surface area contributed by atoms with Crippen molar-refractivity contribution >= 4 is 0 Å². The molecule has 2 bridgehead atoms. The Hall–Kier alpha value is -0.970. The number of pyridine rings is 1. The zero-order valence-corrected chi connectivity index (χ0v) is 10.0. The molecular formula is C13H20N4. The van der Waals surface area contributed by atoms with E-state index in [1.54, 1.807) is 0 Å². The Morgan fingerprint density at radius 1 is 1.29 bits per heavy atom. The maximum atomic E-state index is 5.57. The Morgan fingerprint density at radius 3 is 2.65 bits per heavy atom. The highest BCUT2D eigenvalue weighted by Crippen LogP contribution is 2.36. The van der Waals surface area contributed by atoms with Gasteiger partial charge in [-0.2, -0.15) is 0 Å². The Balaban J connectivity index is 1.69. The van der Waals surface area contributed by atoms with Gasteiger partial charge < -0.3 is 0 Å². The van der Waals surface area contributed by atoms with E-state index in [4.69, 9.17) is 5.84 Å². The molecule has 3 rings (SSSR count). The second-order valence-corrected chi connectivity index (χ2v) is 5.21. The summed E-state index contributed by atoms with van der Waals surface area (Å²) in [6.07, 6.45) is 6.87. The van der Waals surface area contributed by atoms with Gasteiger partial charge in [-0.3, -0.25) is 21.2 Å². The van der Waals surface area contributed by atoms with Crippen LogP contribution in [0, 0.1) is 0 Å². The number of nitrogens with zero attached hydrogens (tertiary/aromatic N) is 2. The van der Waals surface area contributed by atoms with Crippen LogP contribution in [-0.2, 0) is 6.54 Å². The molecule has 2 saturated heterocycles. The summed E-state index contributed by atoms with van der Waals surface area (Å²) in [6, 6.07) is 8.05. The van der Waals surface area contributed by atoms with Crippen molar-refractivity contribution < 1.29 is 0 Å². The number of piperidine rings is 1. The van der Waals surface area contributed by atoms with Crippen molar-refractivity contribution in [1.82, 2.24) is 15.3 Å². The van der Waals surface area contributed by atoms with Gasteiger partial charge in [0.15, 0.2) is 0 Å². The predicted octanol–water partition coefficient (Wildman–Crippen LogP) is 1.04. The summed E-state index contributed by atoms with van der Waals surface area (Å²) in [5, 5.41) is 0. The van der Waals surface area contributed by atoms with Crippen LogP contribution in [0.25, 0.3) is 0 Å². The number of hydrogen-bond acceptors (Lipinski definition) is 4. The van der Waals surface area contributed by atoms with E-state index in [9.17, 15) is 0 Å². The zero-order valence-electron chi connectivity index (χ0n) is 10.0. The van der Waals surface area contributed by atoms with Crippen LogP contribution in [0.1, 0.15) is 31.4 Å². The third kappa shape index (κ3) is 2.20. The Bertz CT molecular complexity index is 353. The quantitative estimate of drug-likeness (QED) is 0.604. The molecule has 2 aliphatic heterocycles. The van der Waals surface area contributed by atoms with E-state index in [2.05, 4.69) is 27.4 Å². The van der Waals surface area contributed by atoms with Crippen molar-refractivity contribution in [3.63, 3.8) is 0 Å². The Labute approximate surface area is 102 Å². The van der Waals surface area contributed by atoms with E-state index < -0.39 is 0 Å². The lowest BCUT2D eigenvalue weighted by molar-refractivity contribution is 0.108. The lowest BCUT2D eigenvalue weighted by atomic mass is 9.97. The van der Waals surface area contributed by atoms with Crippen LogP contribution in [-0.4, -0.2) is 28.0 Å². The molecule has 3 N–H and O–H groups in total. The smallest absolute Gasteiger partial charge is 0.0544 e. The molecule has 2 atom stereocenters. The van der Waals surface area contributed by atoms with E-state index in [0.29, 0.717) is 18.1 Å². The highest BCUT2D eigenvalue weighted by atomic mass is 15.3. The molecule has 0 radical (unpaired) electrons. The topological polar surface area (TPSA) is 54.2 Å². The molecule has 92 valence electrons. The summed E-state index contributed by atoms with van der Waals surface area (Å²) in [6.45, 7) is 0.994. The fourth-order valence-electron chi connectivity index (χ4n) is 3.35. The number of hydrazine groups is 1. The molecule has 17 heavy (non-hydrogen) atoms. The monoisotopic (exact) mass is 232 g/mol. The van der Waals surface area contributed by atoms with Crippen LogP contribution in [0.2, 0.25) is 0 Å². The number of aromatic nitrogens is 1. The van der Waals surface area contributed by atoms with Crippen molar-refractivity contribution in [2.45, 2.75) is 50.4 Å². The summed E-state index contributed by atoms with van der Waals surface area (Å²) in [5.41, 5.74) is 4.13. The third-order valence-corrected chi connectivity index (χ3v) is 4.19. The largest absolute Gasteiger partial charge is 0.291 e. The first-order valence-corrected chi connectivity index (χ1v) is 6.48. The zero-order chi connectivity index (χ0) is 11.7. The molecule has 0 aliphatic carbocycles. The lowest BCUT2D eigenvalue weighted by Gasteiger charge is -2.38. The van der Waals surface area contributed by atoms with Crippen molar-refractivity contribution in [1.29, 1.82) is 0 Å². The minimum atomic E-state index is 0.507. The number of nitrogens with one attached hydrogen (secondary N) is 1. The minimum absolute atomic E-state index is 0.507. The van der Waals surface area contributed by atoms with Gasteiger partial charge in [-0.15, -0.1) is 0 Å². The molecular weight excluding hydrogens is 212 g/mol. The summed E-state index contributed by atoms with van der Waals surface area (Å²) in [4.78, 5) is 7.05. The van der Waals surface area contributed by atoms with Crippen molar-refractivity contribution in [2.75, 3.05) is 0 Å². The van der Waals surface area contributed by atoms with E-state index in [-0.39, 0.29) is 0 Å². The van der Waals surface area contributed by atoms with Crippen molar-refractivity contribution in [3.05, 3.63) is 30.1 Å². The van der Waals surface area contributed by atoms with Crippen LogP contribution in [0.15, 0.2) is 24.4 Å². The molecule has 4 heteroatoms. The summed E-state index contributed by atoms with van der Waals surface area (Å²) < 4.78 is 0. The van der Waals surface area contributed by atoms with E-state index in [0.717, 1.165) is 6.54 Å². The van der Waals surface area contributed by atoms with Crippen LogP contribution in [0.3, 0.4) is 0 Å². The third-order valence-electron chi connectivity index (χ3n) is 4.19. The highest BCUT2D eigenvalue weighted by Gasteiger charge is 2.40. The fraction of sp³-hybridized carbons (Fsp3) is 0.615. The first kappa shape index (κ1) is 11.1. The lowest BCUT2D eigenvalue weighted by Crippen LogP contribution is -2.50. The summed E-state index contributed by atoms with van der Waals surface area (Å²) >= 11 is 0. The van der Waals surface area contributed by atoms with Gasteiger partial charge in [0.05, 0.1) is 5.69 Å². The van der Waals surface area contributed by atoms with Gasteiger partial charge in [0.1, 0.15) is 0 Å². The minimum Gasteiger partial charge on any atom is -0.291 e. The summed E-state index contributed by atoms with van der Waals surface area (Å²) in [5.74, 6) is 5.57. The normalized spacial score (nSPS) is 32.9. The number of rotatable bonds is 3. The Morgan fingerprint density at radius 2 is 2.06 bits per heavy atom. The SMILES string of the molecule is NNC1CC2CCC(C1)N2Cc1ccccn1. The number of nitrogens with two attached hydrogens (primary N) is 1. The van der Waals surface area contributed by atoms with Gasteiger partial charge in [-0.25, -0.2) is 0 Å². The highest BCUT2D eigenvalue weighted by molar-refractivity contribution is 5.06. The molecule has 2 unspecified atom stereocenters. The maximum absolute atomic E-state index is 5.57. The maximum Gasteiger partial charge on any atom is 0.0544 e. The summed E-state index contributed by atoms with van der Waals surface area (Å²) in [7, 11) is 0. The number of hydrogen-bond donors (Lipinski definition) is 2. The molecule has 2 fully saturated rings. The van der Waals surface area contributed by atoms with Crippen molar-refractivity contribution in [2.24, 2.45) is 5.84 Å². The molecule has 0 saturated carbocycles. The second-order valence-electron chi connectivity index (χ2n) is 5.21. The van der Waals surface area contributed by atoms with Crippen LogP contribution >= 0.6 is 0 Å².